The number of rotatable bonds is 3. The quantitative estimate of drug-likeness (QED) is 0.647. The first-order chi connectivity index (χ1) is 7.25. The summed E-state index contributed by atoms with van der Waals surface area (Å²) in [5, 5.41) is 0. The summed E-state index contributed by atoms with van der Waals surface area (Å²) in [6.07, 6.45) is 4.73. The topological polar surface area (TPSA) is 46.6 Å². The van der Waals surface area contributed by atoms with Gasteiger partial charge in [-0.3, -0.25) is 9.59 Å². The average molecular weight is 211 g/mol. The molecule has 2 aliphatic heterocycles. The predicted molar refractivity (Wildman–Crippen MR) is 54.4 cm³/mol. The van der Waals surface area contributed by atoms with E-state index in [0.717, 1.165) is 25.9 Å². The summed E-state index contributed by atoms with van der Waals surface area (Å²) in [5.74, 6) is 0.0281. The molecule has 2 aliphatic rings. The van der Waals surface area contributed by atoms with E-state index in [0.29, 0.717) is 19.2 Å². The molecule has 1 atom stereocenters. The van der Waals surface area contributed by atoms with Crippen molar-refractivity contribution >= 4 is 11.7 Å². The van der Waals surface area contributed by atoms with Crippen LogP contribution in [-0.2, 0) is 14.3 Å². The Bertz CT molecular complexity index is 259. The summed E-state index contributed by atoms with van der Waals surface area (Å²) >= 11 is 0. The van der Waals surface area contributed by atoms with Crippen LogP contribution >= 0.6 is 0 Å². The van der Waals surface area contributed by atoms with E-state index >= 15 is 0 Å². The first-order valence-electron chi connectivity index (χ1n) is 5.67. The second-order valence-corrected chi connectivity index (χ2v) is 4.31. The third-order valence-corrected chi connectivity index (χ3v) is 3.06. The van der Waals surface area contributed by atoms with Gasteiger partial charge < -0.3 is 9.64 Å². The Hall–Kier alpha value is -0.900. The van der Waals surface area contributed by atoms with Crippen LogP contribution in [0.25, 0.3) is 0 Å². The van der Waals surface area contributed by atoms with Crippen molar-refractivity contribution in [1.82, 2.24) is 4.90 Å². The maximum absolute atomic E-state index is 11.3. The van der Waals surface area contributed by atoms with Crippen molar-refractivity contribution in [2.45, 2.75) is 38.2 Å². The van der Waals surface area contributed by atoms with Gasteiger partial charge in [0.05, 0.1) is 19.1 Å². The molecule has 1 amide bonds. The number of hydrogen-bond acceptors (Lipinski definition) is 3. The molecule has 2 rings (SSSR count). The van der Waals surface area contributed by atoms with Crippen LogP contribution in [0.4, 0.5) is 0 Å². The summed E-state index contributed by atoms with van der Waals surface area (Å²) in [6, 6.07) is 0. The van der Waals surface area contributed by atoms with Crippen molar-refractivity contribution in [3.8, 4) is 0 Å². The van der Waals surface area contributed by atoms with Crippen LogP contribution < -0.4 is 0 Å². The molecular weight excluding hydrogens is 194 g/mol. The molecule has 2 fully saturated rings. The molecule has 0 aliphatic carbocycles. The normalized spacial score (nSPS) is 27.5. The number of nitrogens with zero attached hydrogens (tertiary/aromatic N) is 1. The molecule has 0 aromatic rings. The van der Waals surface area contributed by atoms with E-state index in [1.54, 1.807) is 4.90 Å². The van der Waals surface area contributed by atoms with Crippen molar-refractivity contribution in [2.75, 3.05) is 19.7 Å². The Balaban J connectivity index is 1.73. The van der Waals surface area contributed by atoms with Gasteiger partial charge in [-0.2, -0.15) is 0 Å². The summed E-state index contributed by atoms with van der Waals surface area (Å²) in [6.45, 7) is 1.83. The molecule has 0 bridgehead atoms. The average Bonchev–Trinajstić information content (AvgIpc) is 2.56. The van der Waals surface area contributed by atoms with Gasteiger partial charge in [0.15, 0.2) is 5.78 Å². The van der Waals surface area contributed by atoms with E-state index in [9.17, 15) is 9.59 Å². The number of ketones is 1. The van der Waals surface area contributed by atoms with Gasteiger partial charge in [-0.1, -0.05) is 0 Å². The number of ether oxygens (including phenoxy) is 1. The zero-order chi connectivity index (χ0) is 10.7. The third kappa shape index (κ3) is 2.78. The number of amides is 1. The number of hydrogen-bond donors (Lipinski definition) is 0. The van der Waals surface area contributed by atoms with Crippen LogP contribution in [0.2, 0.25) is 0 Å². The molecule has 1 unspecified atom stereocenters. The monoisotopic (exact) mass is 211 g/mol. The first-order valence-corrected chi connectivity index (χ1v) is 5.67. The summed E-state index contributed by atoms with van der Waals surface area (Å²) in [5.41, 5.74) is 0. The third-order valence-electron chi connectivity index (χ3n) is 3.06. The van der Waals surface area contributed by atoms with Crippen LogP contribution in [0.1, 0.15) is 32.1 Å². The Labute approximate surface area is 89.6 Å². The fourth-order valence-corrected chi connectivity index (χ4v) is 2.18. The van der Waals surface area contributed by atoms with Crippen molar-refractivity contribution in [1.29, 1.82) is 0 Å². The van der Waals surface area contributed by atoms with Gasteiger partial charge in [-0.15, -0.1) is 0 Å². The van der Waals surface area contributed by atoms with Crippen LogP contribution in [-0.4, -0.2) is 42.4 Å². The second kappa shape index (κ2) is 4.75. The molecule has 4 heteroatoms. The molecule has 15 heavy (non-hydrogen) atoms. The molecule has 0 aromatic heterocycles. The van der Waals surface area contributed by atoms with Gasteiger partial charge >= 0.3 is 0 Å². The highest BCUT2D eigenvalue weighted by atomic mass is 16.5. The van der Waals surface area contributed by atoms with Gasteiger partial charge in [0.25, 0.3) is 0 Å². The minimum Gasteiger partial charge on any atom is -0.378 e. The minimum atomic E-state index is -0.0178. The Kier molecular flexibility index (Phi) is 3.36. The molecule has 0 saturated carbocycles. The van der Waals surface area contributed by atoms with Crippen molar-refractivity contribution < 1.29 is 14.3 Å². The minimum absolute atomic E-state index is 0.0178. The largest absolute Gasteiger partial charge is 0.378 e. The molecule has 0 aromatic carbocycles. The summed E-state index contributed by atoms with van der Waals surface area (Å²) < 4.78 is 5.58. The smallest absolute Gasteiger partial charge is 0.230 e. The fraction of sp³-hybridized carbons (Fsp3) is 0.818. The maximum Gasteiger partial charge on any atom is 0.230 e. The molecule has 84 valence electrons. The molecule has 0 spiro atoms. The van der Waals surface area contributed by atoms with E-state index < -0.39 is 0 Å². The Morgan fingerprint density at radius 3 is 2.80 bits per heavy atom. The van der Waals surface area contributed by atoms with E-state index in [4.69, 9.17) is 4.74 Å². The summed E-state index contributed by atoms with van der Waals surface area (Å²) in [7, 11) is 0. The van der Waals surface area contributed by atoms with Crippen molar-refractivity contribution in [3.63, 3.8) is 0 Å². The lowest BCUT2D eigenvalue weighted by Crippen LogP contribution is -2.30. The molecule has 2 saturated heterocycles. The zero-order valence-corrected chi connectivity index (χ0v) is 8.91. The van der Waals surface area contributed by atoms with Gasteiger partial charge in [-0.25, -0.2) is 0 Å². The number of carbonyl (C=O) groups excluding carboxylic acids is 2. The van der Waals surface area contributed by atoms with Gasteiger partial charge in [-0.05, 0) is 25.7 Å². The maximum atomic E-state index is 11.3. The predicted octanol–water partition coefficient (Wildman–Crippen LogP) is 0.747. The van der Waals surface area contributed by atoms with E-state index in [2.05, 4.69) is 0 Å². The molecule has 2 heterocycles. The van der Waals surface area contributed by atoms with Crippen LogP contribution in [0.15, 0.2) is 0 Å². The fourth-order valence-electron chi connectivity index (χ4n) is 2.18. The van der Waals surface area contributed by atoms with Crippen LogP contribution in [0.5, 0.6) is 0 Å². The zero-order valence-electron chi connectivity index (χ0n) is 8.91. The standard InChI is InChI=1S/C11H17NO3/c13-9-7-11(14)12(8-9)5-4-10-3-1-2-6-15-10/h10H,1-8H2. The first kappa shape index (κ1) is 10.6. The highest BCUT2D eigenvalue weighted by Gasteiger charge is 2.27. The van der Waals surface area contributed by atoms with E-state index in [-0.39, 0.29) is 18.1 Å². The van der Waals surface area contributed by atoms with Gasteiger partial charge in [0.1, 0.15) is 0 Å². The van der Waals surface area contributed by atoms with Crippen molar-refractivity contribution in [3.05, 3.63) is 0 Å². The molecule has 0 radical (unpaired) electrons. The van der Waals surface area contributed by atoms with E-state index in [1.807, 2.05) is 0 Å². The molecular formula is C11H17NO3. The number of carbonyl (C=O) groups is 2. The van der Waals surface area contributed by atoms with E-state index in [1.165, 1.54) is 6.42 Å². The van der Waals surface area contributed by atoms with Crippen LogP contribution in [0.3, 0.4) is 0 Å². The molecule has 4 nitrogen and oxygen atoms in total. The van der Waals surface area contributed by atoms with Gasteiger partial charge in [0.2, 0.25) is 5.91 Å². The lowest BCUT2D eigenvalue weighted by Gasteiger charge is -2.24. The highest BCUT2D eigenvalue weighted by molar-refractivity contribution is 6.05. The number of Topliss-reactive ketones (excluding diaryl/α,β-unsaturated/α-hetero) is 1. The highest BCUT2D eigenvalue weighted by Crippen LogP contribution is 2.17. The number of likely N-dealkylation sites (tertiary alicyclic amines) is 1. The molecule has 0 N–H and O–H groups in total. The Morgan fingerprint density at radius 2 is 2.20 bits per heavy atom. The lowest BCUT2D eigenvalue weighted by molar-refractivity contribution is -0.128. The van der Waals surface area contributed by atoms with Gasteiger partial charge in [0, 0.05) is 13.2 Å². The van der Waals surface area contributed by atoms with Crippen molar-refractivity contribution in [2.24, 2.45) is 0 Å². The SMILES string of the molecule is O=C1CC(=O)N(CCC2CCCCO2)C1. The Morgan fingerprint density at radius 1 is 1.33 bits per heavy atom. The van der Waals surface area contributed by atoms with Crippen LogP contribution in [0, 0.1) is 0 Å². The summed E-state index contributed by atoms with van der Waals surface area (Å²) in [4.78, 5) is 24.0. The lowest BCUT2D eigenvalue weighted by atomic mass is 10.1. The second-order valence-electron chi connectivity index (χ2n) is 4.31.